The first-order valence-electron chi connectivity index (χ1n) is 16.7. The van der Waals surface area contributed by atoms with Crippen LogP contribution in [0.1, 0.15) is 74.8 Å². The van der Waals surface area contributed by atoms with Crippen molar-refractivity contribution in [3.05, 3.63) is 83.3 Å². The quantitative estimate of drug-likeness (QED) is 0.253. The van der Waals surface area contributed by atoms with E-state index in [2.05, 4.69) is 59.2 Å². The summed E-state index contributed by atoms with van der Waals surface area (Å²) in [7, 11) is -4.18. The lowest BCUT2D eigenvalue weighted by Gasteiger charge is -2.35. The molecule has 11 nitrogen and oxygen atoms in total. The summed E-state index contributed by atoms with van der Waals surface area (Å²) >= 11 is 0. The van der Waals surface area contributed by atoms with Gasteiger partial charge in [0.25, 0.3) is 15.9 Å². The number of fused-ring (bicyclic) bond motifs is 4. The molecule has 1 fully saturated rings. The van der Waals surface area contributed by atoms with E-state index in [1.165, 1.54) is 12.1 Å². The van der Waals surface area contributed by atoms with Crippen LogP contribution in [0.4, 0.5) is 11.8 Å². The van der Waals surface area contributed by atoms with Gasteiger partial charge in [-0.15, -0.1) is 0 Å². The minimum absolute atomic E-state index is 0.0802. The third kappa shape index (κ3) is 7.85. The predicted octanol–water partition coefficient (Wildman–Crippen LogP) is 6.43. The molecule has 12 heteroatoms. The van der Waals surface area contributed by atoms with E-state index in [1.54, 1.807) is 29.3 Å². The summed E-state index contributed by atoms with van der Waals surface area (Å²) in [5.74, 6) is 1.04. The highest BCUT2D eigenvalue weighted by Gasteiger charge is 2.33. The van der Waals surface area contributed by atoms with Crippen molar-refractivity contribution in [2.75, 3.05) is 29.3 Å². The van der Waals surface area contributed by atoms with Gasteiger partial charge in [-0.25, -0.2) is 28.1 Å². The number of amides is 1. The number of aryl methyl sites for hydroxylation is 2. The van der Waals surface area contributed by atoms with E-state index in [1.807, 2.05) is 38.1 Å². The number of sulfonamides is 1. The minimum Gasteiger partial charge on any atom is -0.475 e. The van der Waals surface area contributed by atoms with Crippen molar-refractivity contribution in [3.63, 3.8) is 0 Å². The molecule has 2 aliphatic rings. The third-order valence-corrected chi connectivity index (χ3v) is 10.4. The van der Waals surface area contributed by atoms with E-state index in [0.29, 0.717) is 17.9 Å². The number of aromatic nitrogens is 4. The topological polar surface area (TPSA) is 131 Å². The van der Waals surface area contributed by atoms with E-state index in [0.717, 1.165) is 42.0 Å². The number of hydrogen-bond donors (Lipinski definition) is 1. The second kappa shape index (κ2) is 13.0. The fourth-order valence-electron chi connectivity index (χ4n) is 6.65. The Morgan fingerprint density at radius 3 is 2.43 bits per heavy atom. The largest absolute Gasteiger partial charge is 0.475 e. The van der Waals surface area contributed by atoms with Gasteiger partial charge >= 0.3 is 0 Å². The first kappa shape index (κ1) is 34.3. The Balaban J connectivity index is 1.46. The van der Waals surface area contributed by atoms with Gasteiger partial charge in [0, 0.05) is 36.5 Å². The van der Waals surface area contributed by atoms with Crippen LogP contribution >= 0.6 is 0 Å². The predicted molar refractivity (Wildman–Crippen MR) is 190 cm³/mol. The number of nitrogens with zero attached hydrogens (tertiary/aromatic N) is 6. The van der Waals surface area contributed by atoms with E-state index in [-0.39, 0.29) is 52.2 Å². The lowest BCUT2D eigenvalue weighted by molar-refractivity contribution is 0.0505. The average Bonchev–Trinajstić information content (AvgIpc) is 3.40. The summed E-state index contributed by atoms with van der Waals surface area (Å²) < 4.78 is 36.4. The molecule has 4 heterocycles. The number of benzene rings is 2. The molecular weight excluding hydrogens is 639 g/mol. The molecule has 0 saturated carbocycles. The van der Waals surface area contributed by atoms with Gasteiger partial charge in [0.1, 0.15) is 18.2 Å². The first-order valence-corrected chi connectivity index (χ1v) is 18.1. The molecule has 2 aliphatic heterocycles. The Morgan fingerprint density at radius 1 is 1.00 bits per heavy atom. The maximum atomic E-state index is 14.5. The fourth-order valence-corrected chi connectivity index (χ4v) is 7.64. The molecular formula is C37H45N7O4S. The number of anilines is 2. The molecule has 6 rings (SSSR count). The highest BCUT2D eigenvalue weighted by molar-refractivity contribution is 7.92. The zero-order valence-corrected chi connectivity index (χ0v) is 30.1. The number of ether oxygens (including phenoxy) is 1. The van der Waals surface area contributed by atoms with Crippen molar-refractivity contribution in [1.29, 1.82) is 0 Å². The monoisotopic (exact) mass is 683 g/mol. The Hall–Kier alpha value is -4.58. The summed E-state index contributed by atoms with van der Waals surface area (Å²) in [4.78, 5) is 37.0. The van der Waals surface area contributed by atoms with Crippen LogP contribution in [0.2, 0.25) is 0 Å². The third-order valence-electron chi connectivity index (χ3n) is 9.03. The molecule has 1 N–H and O–H groups in total. The number of rotatable bonds is 5. The zero-order valence-electron chi connectivity index (χ0n) is 29.3. The molecule has 0 unspecified atom stereocenters. The number of nitrogens with one attached hydrogen (secondary N) is 1. The summed E-state index contributed by atoms with van der Waals surface area (Å²) in [6.07, 6.45) is 3.38. The lowest BCUT2D eigenvalue weighted by atomic mass is 9.87. The Labute approximate surface area is 289 Å². The summed E-state index contributed by atoms with van der Waals surface area (Å²) in [6.45, 7) is 16.8. The Bertz CT molecular complexity index is 1970. The van der Waals surface area contributed by atoms with Crippen LogP contribution in [0.5, 0.6) is 5.88 Å². The van der Waals surface area contributed by atoms with Crippen LogP contribution in [-0.4, -0.2) is 64.9 Å². The molecule has 2 aromatic heterocycles. The van der Waals surface area contributed by atoms with Crippen LogP contribution in [0, 0.1) is 24.7 Å². The maximum absolute atomic E-state index is 14.5. The van der Waals surface area contributed by atoms with E-state index in [4.69, 9.17) is 9.72 Å². The van der Waals surface area contributed by atoms with Crippen LogP contribution in [0.15, 0.2) is 65.7 Å². The summed E-state index contributed by atoms with van der Waals surface area (Å²) in [5.41, 5.74) is 3.56. The Kier molecular flexibility index (Phi) is 9.12. The van der Waals surface area contributed by atoms with Gasteiger partial charge in [-0.2, -0.15) is 4.98 Å². The van der Waals surface area contributed by atoms with Gasteiger partial charge in [0.2, 0.25) is 11.8 Å². The SMILES string of the molecule is Cc1cccc(C)c1-c1cc2nc(n1)NS(=O)(=O)c1cccc(c1)C(=O)N(Cc1nccc(N3CCC(C)(C)C3)n1)[C@H](CC(C)(C)C)CO2. The zero-order chi connectivity index (χ0) is 35.1. The van der Waals surface area contributed by atoms with E-state index < -0.39 is 16.1 Å². The number of carbonyl (C=O) groups excluding carboxylic acids is 1. The van der Waals surface area contributed by atoms with E-state index in [9.17, 15) is 13.2 Å². The van der Waals surface area contributed by atoms with E-state index >= 15 is 0 Å². The van der Waals surface area contributed by atoms with Gasteiger partial charge < -0.3 is 14.5 Å². The van der Waals surface area contributed by atoms with Crippen molar-refractivity contribution in [2.45, 2.75) is 78.8 Å². The molecule has 1 atom stereocenters. The molecule has 258 valence electrons. The molecule has 49 heavy (non-hydrogen) atoms. The van der Waals surface area contributed by atoms with Gasteiger partial charge in [-0.3, -0.25) is 4.79 Å². The van der Waals surface area contributed by atoms with Crippen LogP contribution < -0.4 is 14.4 Å². The molecule has 0 aliphatic carbocycles. The first-order chi connectivity index (χ1) is 23.1. The second-order valence-corrected chi connectivity index (χ2v) is 16.8. The van der Waals surface area contributed by atoms with Crippen LogP contribution in [0.3, 0.4) is 0 Å². The van der Waals surface area contributed by atoms with Gasteiger partial charge in [0.15, 0.2) is 0 Å². The van der Waals surface area contributed by atoms with Gasteiger partial charge in [-0.05, 0) is 72.9 Å². The van der Waals surface area contributed by atoms with Crippen molar-refractivity contribution < 1.29 is 17.9 Å². The molecule has 4 bridgehead atoms. The molecule has 0 spiro atoms. The van der Waals surface area contributed by atoms with Gasteiger partial charge in [-0.1, -0.05) is 58.9 Å². The van der Waals surface area contributed by atoms with Crippen LogP contribution in [0.25, 0.3) is 11.3 Å². The summed E-state index contributed by atoms with van der Waals surface area (Å²) in [5, 5.41) is 0. The van der Waals surface area contributed by atoms with Crippen molar-refractivity contribution in [2.24, 2.45) is 10.8 Å². The molecule has 4 aromatic rings. The van der Waals surface area contributed by atoms with Crippen molar-refractivity contribution in [1.82, 2.24) is 24.8 Å². The highest BCUT2D eigenvalue weighted by Crippen LogP contribution is 2.33. The average molecular weight is 684 g/mol. The molecule has 0 radical (unpaired) electrons. The van der Waals surface area contributed by atoms with Crippen LogP contribution in [-0.2, 0) is 16.6 Å². The number of carbonyl (C=O) groups is 1. The smallest absolute Gasteiger partial charge is 0.264 e. The molecule has 2 aromatic carbocycles. The molecule has 1 saturated heterocycles. The maximum Gasteiger partial charge on any atom is 0.264 e. The standard InChI is InChI=1S/C37H45N7O4S/c1-24-10-8-11-25(2)33(24)29-19-32-41-35(39-29)42-49(46,47)28-13-9-12-26(18-28)34(45)44(27(22-48-32)20-36(3,4)5)21-30-38-16-14-31(40-30)43-17-15-37(6,7)23-43/h8-14,16,18-19,27H,15,17,20-23H2,1-7H3,(H,39,41,42)/t27-/m1/s1. The Morgan fingerprint density at radius 2 is 1.73 bits per heavy atom. The molecule has 1 amide bonds. The fraction of sp³-hybridized carbons (Fsp3) is 0.432. The van der Waals surface area contributed by atoms with Crippen molar-refractivity contribution >= 4 is 27.7 Å². The highest BCUT2D eigenvalue weighted by atomic mass is 32.2. The summed E-state index contributed by atoms with van der Waals surface area (Å²) in [6, 6.07) is 15.1. The minimum atomic E-state index is -4.18. The van der Waals surface area contributed by atoms with Gasteiger partial charge in [0.05, 0.1) is 23.2 Å². The van der Waals surface area contributed by atoms with Crippen molar-refractivity contribution in [3.8, 4) is 17.1 Å². The normalized spacial score (nSPS) is 18.9. The second-order valence-electron chi connectivity index (χ2n) is 15.1. The number of hydrogen-bond acceptors (Lipinski definition) is 9. The lowest BCUT2D eigenvalue weighted by Crippen LogP contribution is -2.45.